The average Bonchev–Trinajstić information content (AvgIpc) is 2.30. The second-order valence-electron chi connectivity index (χ2n) is 4.80. The number of nitrogens with two attached hydrogens (primary N) is 1. The third-order valence-corrected chi connectivity index (χ3v) is 2.25. The highest BCUT2D eigenvalue weighted by Gasteiger charge is 2.07. The van der Waals surface area contributed by atoms with Crippen LogP contribution in [0, 0.1) is 5.92 Å². The van der Waals surface area contributed by atoms with Crippen LogP contribution in [-0.4, -0.2) is 31.3 Å². The Hall–Kier alpha value is -1.49. The fourth-order valence-electron chi connectivity index (χ4n) is 1.44. The standard InChI is InChI=1S/C13H23N3O2/c1-9(2)7-18-13-11(14)5-6-12(16-13)15-10(3)8-17-4/h5-6,9-10H,7-8,14H2,1-4H3,(H,15,16). The molecule has 0 saturated heterocycles. The van der Waals surface area contributed by atoms with Crippen LogP contribution in [0.15, 0.2) is 12.1 Å². The normalized spacial score (nSPS) is 12.5. The van der Waals surface area contributed by atoms with Gasteiger partial charge in [0.1, 0.15) is 5.82 Å². The number of nitrogens with one attached hydrogen (secondary N) is 1. The van der Waals surface area contributed by atoms with E-state index in [1.165, 1.54) is 0 Å². The summed E-state index contributed by atoms with van der Waals surface area (Å²) in [6.45, 7) is 7.41. The fraction of sp³-hybridized carbons (Fsp3) is 0.615. The van der Waals surface area contributed by atoms with Gasteiger partial charge in [-0.3, -0.25) is 0 Å². The zero-order valence-corrected chi connectivity index (χ0v) is 11.6. The van der Waals surface area contributed by atoms with Gasteiger partial charge in [-0.25, -0.2) is 0 Å². The molecule has 0 bridgehead atoms. The summed E-state index contributed by atoms with van der Waals surface area (Å²) >= 11 is 0. The first kappa shape index (κ1) is 14.6. The van der Waals surface area contributed by atoms with Crippen LogP contribution in [-0.2, 0) is 4.74 Å². The minimum atomic E-state index is 0.184. The lowest BCUT2D eigenvalue weighted by atomic mass is 10.2. The Labute approximate surface area is 109 Å². The molecule has 1 unspecified atom stereocenters. The monoisotopic (exact) mass is 253 g/mol. The molecule has 1 atom stereocenters. The van der Waals surface area contributed by atoms with Crippen LogP contribution >= 0.6 is 0 Å². The van der Waals surface area contributed by atoms with Crippen molar-refractivity contribution in [3.8, 4) is 5.88 Å². The maximum absolute atomic E-state index is 5.83. The molecule has 3 N–H and O–H groups in total. The minimum absolute atomic E-state index is 0.184. The lowest BCUT2D eigenvalue weighted by Crippen LogP contribution is -2.21. The minimum Gasteiger partial charge on any atom is -0.476 e. The maximum Gasteiger partial charge on any atom is 0.239 e. The van der Waals surface area contributed by atoms with E-state index in [1.54, 1.807) is 13.2 Å². The lowest BCUT2D eigenvalue weighted by Gasteiger charge is -2.15. The lowest BCUT2D eigenvalue weighted by molar-refractivity contribution is 0.190. The number of nitrogens with zero attached hydrogens (tertiary/aromatic N) is 1. The van der Waals surface area contributed by atoms with Crippen molar-refractivity contribution in [2.24, 2.45) is 5.92 Å². The van der Waals surface area contributed by atoms with Crippen LogP contribution < -0.4 is 15.8 Å². The molecule has 0 spiro atoms. The Morgan fingerprint density at radius 3 is 2.61 bits per heavy atom. The van der Waals surface area contributed by atoms with Gasteiger partial charge in [-0.1, -0.05) is 13.8 Å². The van der Waals surface area contributed by atoms with Gasteiger partial charge < -0.3 is 20.5 Å². The van der Waals surface area contributed by atoms with Gasteiger partial charge in [-0.05, 0) is 25.0 Å². The number of anilines is 2. The van der Waals surface area contributed by atoms with Crippen LogP contribution in [0.2, 0.25) is 0 Å². The first-order valence-electron chi connectivity index (χ1n) is 6.17. The van der Waals surface area contributed by atoms with E-state index < -0.39 is 0 Å². The Morgan fingerprint density at radius 2 is 2.00 bits per heavy atom. The van der Waals surface area contributed by atoms with E-state index in [-0.39, 0.29) is 6.04 Å². The topological polar surface area (TPSA) is 69.4 Å². The molecule has 5 nitrogen and oxygen atoms in total. The first-order chi connectivity index (χ1) is 8.52. The van der Waals surface area contributed by atoms with E-state index in [0.717, 1.165) is 5.82 Å². The number of methoxy groups -OCH3 is 1. The Bertz CT molecular complexity index is 369. The Kier molecular flexibility index (Phi) is 5.71. The van der Waals surface area contributed by atoms with Gasteiger partial charge in [0.25, 0.3) is 0 Å². The second kappa shape index (κ2) is 7.06. The number of nitrogen functional groups attached to an aromatic ring is 1. The maximum atomic E-state index is 5.83. The molecule has 0 amide bonds. The highest BCUT2D eigenvalue weighted by Crippen LogP contribution is 2.21. The smallest absolute Gasteiger partial charge is 0.239 e. The fourth-order valence-corrected chi connectivity index (χ4v) is 1.44. The van der Waals surface area contributed by atoms with Crippen molar-refractivity contribution < 1.29 is 9.47 Å². The molecule has 102 valence electrons. The molecule has 1 aromatic heterocycles. The van der Waals surface area contributed by atoms with Crippen molar-refractivity contribution >= 4 is 11.5 Å². The van der Waals surface area contributed by atoms with Crippen LogP contribution in [0.1, 0.15) is 20.8 Å². The highest BCUT2D eigenvalue weighted by atomic mass is 16.5. The molecule has 1 heterocycles. The van der Waals surface area contributed by atoms with Crippen molar-refractivity contribution in [3.05, 3.63) is 12.1 Å². The highest BCUT2D eigenvalue weighted by molar-refractivity contribution is 5.53. The van der Waals surface area contributed by atoms with Crippen molar-refractivity contribution in [1.82, 2.24) is 4.98 Å². The third-order valence-electron chi connectivity index (χ3n) is 2.25. The zero-order chi connectivity index (χ0) is 13.5. The molecular formula is C13H23N3O2. The van der Waals surface area contributed by atoms with Gasteiger partial charge in [-0.2, -0.15) is 4.98 Å². The molecule has 0 aliphatic heterocycles. The van der Waals surface area contributed by atoms with Gasteiger partial charge in [0.15, 0.2) is 0 Å². The van der Waals surface area contributed by atoms with Crippen LogP contribution in [0.3, 0.4) is 0 Å². The number of ether oxygens (including phenoxy) is 2. The zero-order valence-electron chi connectivity index (χ0n) is 11.6. The molecule has 0 radical (unpaired) electrons. The molecule has 0 saturated carbocycles. The Balaban J connectivity index is 2.67. The molecule has 1 rings (SSSR count). The molecule has 0 aromatic carbocycles. The third kappa shape index (κ3) is 4.79. The van der Waals surface area contributed by atoms with E-state index in [0.29, 0.717) is 30.7 Å². The van der Waals surface area contributed by atoms with E-state index in [2.05, 4.69) is 24.1 Å². The molecule has 0 aliphatic carbocycles. The average molecular weight is 253 g/mol. The van der Waals surface area contributed by atoms with Gasteiger partial charge in [0, 0.05) is 13.2 Å². The first-order valence-corrected chi connectivity index (χ1v) is 6.17. The van der Waals surface area contributed by atoms with Crippen LogP contribution in [0.5, 0.6) is 5.88 Å². The van der Waals surface area contributed by atoms with E-state index in [9.17, 15) is 0 Å². The molecular weight excluding hydrogens is 230 g/mol. The summed E-state index contributed by atoms with van der Waals surface area (Å²) in [5.74, 6) is 1.67. The van der Waals surface area contributed by atoms with Gasteiger partial charge in [-0.15, -0.1) is 0 Å². The molecule has 1 aromatic rings. The van der Waals surface area contributed by atoms with E-state index in [1.807, 2.05) is 13.0 Å². The number of hydrogen-bond donors (Lipinski definition) is 2. The number of pyridine rings is 1. The predicted octanol–water partition coefficient (Wildman–Crippen LogP) is 2.15. The van der Waals surface area contributed by atoms with Gasteiger partial charge in [0.2, 0.25) is 5.88 Å². The summed E-state index contributed by atoms with van der Waals surface area (Å²) in [7, 11) is 1.67. The van der Waals surface area contributed by atoms with Crippen molar-refractivity contribution in [3.63, 3.8) is 0 Å². The molecule has 0 fully saturated rings. The van der Waals surface area contributed by atoms with Crippen LogP contribution in [0.4, 0.5) is 11.5 Å². The summed E-state index contributed by atoms with van der Waals surface area (Å²) in [5.41, 5.74) is 6.38. The summed E-state index contributed by atoms with van der Waals surface area (Å²) < 4.78 is 10.6. The van der Waals surface area contributed by atoms with Crippen molar-refractivity contribution in [1.29, 1.82) is 0 Å². The van der Waals surface area contributed by atoms with Gasteiger partial charge >= 0.3 is 0 Å². The largest absolute Gasteiger partial charge is 0.476 e. The summed E-state index contributed by atoms with van der Waals surface area (Å²) in [6.07, 6.45) is 0. The van der Waals surface area contributed by atoms with Gasteiger partial charge in [0.05, 0.1) is 18.9 Å². The molecule has 5 heteroatoms. The summed E-state index contributed by atoms with van der Waals surface area (Å²) in [6, 6.07) is 3.82. The quantitative estimate of drug-likeness (QED) is 0.779. The molecule has 18 heavy (non-hydrogen) atoms. The Morgan fingerprint density at radius 1 is 1.28 bits per heavy atom. The predicted molar refractivity (Wildman–Crippen MR) is 73.9 cm³/mol. The van der Waals surface area contributed by atoms with Crippen LogP contribution in [0.25, 0.3) is 0 Å². The number of rotatable bonds is 7. The summed E-state index contributed by atoms with van der Waals surface area (Å²) in [5, 5.41) is 3.23. The number of aromatic nitrogens is 1. The van der Waals surface area contributed by atoms with E-state index >= 15 is 0 Å². The van der Waals surface area contributed by atoms with Crippen molar-refractivity contribution in [2.45, 2.75) is 26.8 Å². The van der Waals surface area contributed by atoms with E-state index in [4.69, 9.17) is 15.2 Å². The van der Waals surface area contributed by atoms with Crippen molar-refractivity contribution in [2.75, 3.05) is 31.4 Å². The summed E-state index contributed by atoms with van der Waals surface area (Å²) in [4.78, 5) is 4.35. The second-order valence-corrected chi connectivity index (χ2v) is 4.80. The number of hydrogen-bond acceptors (Lipinski definition) is 5. The SMILES string of the molecule is COCC(C)Nc1ccc(N)c(OCC(C)C)n1. The molecule has 0 aliphatic rings.